The normalized spacial score (nSPS) is 11.7. The zero-order valence-electron chi connectivity index (χ0n) is 10.3. The summed E-state index contributed by atoms with van der Waals surface area (Å²) in [5.74, 6) is -0.360. The minimum atomic E-state index is -0.360. The molecule has 0 saturated carbocycles. The van der Waals surface area contributed by atoms with Crippen molar-refractivity contribution in [2.75, 3.05) is 5.32 Å². The van der Waals surface area contributed by atoms with Gasteiger partial charge in [0.2, 0.25) is 0 Å². The van der Waals surface area contributed by atoms with Crippen LogP contribution in [0.4, 0.5) is 10.1 Å². The van der Waals surface area contributed by atoms with E-state index in [4.69, 9.17) is 16.9 Å². The summed E-state index contributed by atoms with van der Waals surface area (Å²) in [6, 6.07) is 13.6. The lowest BCUT2D eigenvalue weighted by molar-refractivity contribution is 0.628. The number of halogens is 2. The Balaban J connectivity index is 2.16. The number of hydrogen-bond donors (Lipinski definition) is 1. The second-order valence-corrected chi connectivity index (χ2v) is 4.63. The molecule has 0 aliphatic carbocycles. The summed E-state index contributed by atoms with van der Waals surface area (Å²) in [5, 5.41) is 12.3. The molecule has 0 aliphatic rings. The highest BCUT2D eigenvalue weighted by atomic mass is 35.5. The van der Waals surface area contributed by atoms with E-state index in [0.717, 1.165) is 5.56 Å². The van der Waals surface area contributed by atoms with Crippen LogP contribution in [0.5, 0.6) is 0 Å². The van der Waals surface area contributed by atoms with Crippen molar-refractivity contribution in [3.8, 4) is 6.07 Å². The lowest BCUT2D eigenvalue weighted by Crippen LogP contribution is -2.07. The van der Waals surface area contributed by atoms with Gasteiger partial charge in [-0.1, -0.05) is 23.7 Å². The first-order valence-electron chi connectivity index (χ1n) is 5.82. The van der Waals surface area contributed by atoms with E-state index in [-0.39, 0.29) is 11.9 Å². The van der Waals surface area contributed by atoms with Crippen LogP contribution in [0.1, 0.15) is 24.1 Å². The fraction of sp³-hybridized carbons (Fsp3) is 0.133. The molecule has 96 valence electrons. The Morgan fingerprint density at radius 3 is 2.47 bits per heavy atom. The molecule has 0 aromatic heterocycles. The molecule has 2 nitrogen and oxygen atoms in total. The number of nitrogens with zero attached hydrogens (tertiary/aromatic N) is 1. The molecule has 2 rings (SSSR count). The summed E-state index contributed by atoms with van der Waals surface area (Å²) in [5.41, 5.74) is 2.33. The molecule has 1 unspecified atom stereocenters. The second-order valence-electron chi connectivity index (χ2n) is 4.22. The fourth-order valence-corrected chi connectivity index (χ4v) is 1.99. The molecule has 0 amide bonds. The highest BCUT2D eigenvalue weighted by molar-refractivity contribution is 6.33. The maximum Gasteiger partial charge on any atom is 0.124 e. The summed E-state index contributed by atoms with van der Waals surface area (Å²) in [6.45, 7) is 1.97. The highest BCUT2D eigenvalue weighted by Crippen LogP contribution is 2.26. The average Bonchev–Trinajstić information content (AvgIpc) is 2.42. The van der Waals surface area contributed by atoms with Crippen molar-refractivity contribution in [2.24, 2.45) is 0 Å². The Kier molecular flexibility index (Phi) is 4.03. The van der Waals surface area contributed by atoms with Crippen molar-refractivity contribution in [3.63, 3.8) is 0 Å². The van der Waals surface area contributed by atoms with Crippen molar-refractivity contribution >= 4 is 17.3 Å². The zero-order chi connectivity index (χ0) is 13.8. The van der Waals surface area contributed by atoms with Gasteiger partial charge in [0.25, 0.3) is 0 Å². The number of anilines is 1. The maximum absolute atomic E-state index is 12.9. The average molecular weight is 275 g/mol. The first-order valence-corrected chi connectivity index (χ1v) is 6.19. The molecule has 4 heteroatoms. The topological polar surface area (TPSA) is 35.8 Å². The molecule has 2 aromatic rings. The molecule has 19 heavy (non-hydrogen) atoms. The lowest BCUT2D eigenvalue weighted by Gasteiger charge is -2.16. The third-order valence-corrected chi connectivity index (χ3v) is 3.16. The Morgan fingerprint density at radius 1 is 1.21 bits per heavy atom. The minimum absolute atomic E-state index is 0.00991. The monoisotopic (exact) mass is 274 g/mol. The predicted molar refractivity (Wildman–Crippen MR) is 74.6 cm³/mol. The summed E-state index contributed by atoms with van der Waals surface area (Å²) < 4.78 is 12.9. The van der Waals surface area contributed by atoms with Crippen molar-refractivity contribution in [1.29, 1.82) is 5.26 Å². The van der Waals surface area contributed by atoms with Gasteiger partial charge < -0.3 is 5.32 Å². The molecule has 0 heterocycles. The summed E-state index contributed by atoms with van der Waals surface area (Å²) >= 11 is 5.96. The second kappa shape index (κ2) is 5.73. The van der Waals surface area contributed by atoms with Crippen molar-refractivity contribution < 1.29 is 4.39 Å². The van der Waals surface area contributed by atoms with E-state index in [9.17, 15) is 4.39 Å². The van der Waals surface area contributed by atoms with Crippen LogP contribution in [-0.2, 0) is 0 Å². The van der Waals surface area contributed by atoms with Crippen molar-refractivity contribution in [1.82, 2.24) is 0 Å². The van der Waals surface area contributed by atoms with E-state index in [1.54, 1.807) is 18.2 Å². The molecule has 0 spiro atoms. The quantitative estimate of drug-likeness (QED) is 0.893. The van der Waals surface area contributed by atoms with E-state index in [1.165, 1.54) is 12.1 Å². The van der Waals surface area contributed by atoms with E-state index < -0.39 is 0 Å². The van der Waals surface area contributed by atoms with Crippen LogP contribution in [0.15, 0.2) is 42.5 Å². The fourth-order valence-electron chi connectivity index (χ4n) is 1.77. The van der Waals surface area contributed by atoms with E-state index in [0.29, 0.717) is 16.3 Å². The molecule has 0 aliphatic heterocycles. The molecular weight excluding hydrogens is 263 g/mol. The van der Waals surface area contributed by atoms with Crippen LogP contribution in [-0.4, -0.2) is 0 Å². The Morgan fingerprint density at radius 2 is 1.89 bits per heavy atom. The van der Waals surface area contributed by atoms with Gasteiger partial charge in [0.15, 0.2) is 0 Å². The molecule has 0 radical (unpaired) electrons. The molecule has 2 aromatic carbocycles. The third kappa shape index (κ3) is 3.24. The lowest BCUT2D eigenvalue weighted by atomic mass is 10.1. The van der Waals surface area contributed by atoms with Gasteiger partial charge in [0, 0.05) is 6.04 Å². The molecular formula is C15H12ClFN2. The van der Waals surface area contributed by atoms with Gasteiger partial charge in [-0.3, -0.25) is 0 Å². The summed E-state index contributed by atoms with van der Waals surface area (Å²) in [6.07, 6.45) is 0. The predicted octanol–water partition coefficient (Wildman–Crippen LogP) is 4.52. The minimum Gasteiger partial charge on any atom is -0.377 e. The van der Waals surface area contributed by atoms with Crippen LogP contribution in [0, 0.1) is 17.1 Å². The molecule has 0 fully saturated rings. The molecule has 0 bridgehead atoms. The van der Waals surface area contributed by atoms with E-state index in [1.807, 2.05) is 19.1 Å². The smallest absolute Gasteiger partial charge is 0.124 e. The number of nitriles is 1. The van der Waals surface area contributed by atoms with Gasteiger partial charge in [0.05, 0.1) is 22.3 Å². The van der Waals surface area contributed by atoms with Crippen molar-refractivity contribution in [2.45, 2.75) is 13.0 Å². The van der Waals surface area contributed by atoms with E-state index in [2.05, 4.69) is 11.4 Å². The molecule has 1 N–H and O–H groups in total. The standard InChI is InChI=1S/C15H12ClFN2/c1-10(12-4-2-11(9-18)3-5-12)19-15-7-6-13(17)8-14(15)16/h2-8,10,19H,1H3. The first-order chi connectivity index (χ1) is 9.10. The Labute approximate surface area is 116 Å². The van der Waals surface area contributed by atoms with Crippen LogP contribution in [0.25, 0.3) is 0 Å². The van der Waals surface area contributed by atoms with Gasteiger partial charge in [-0.25, -0.2) is 4.39 Å². The zero-order valence-corrected chi connectivity index (χ0v) is 11.1. The number of hydrogen-bond acceptors (Lipinski definition) is 2. The van der Waals surface area contributed by atoms with Crippen LogP contribution in [0.2, 0.25) is 5.02 Å². The maximum atomic E-state index is 12.9. The van der Waals surface area contributed by atoms with Crippen LogP contribution in [0.3, 0.4) is 0 Å². The molecule has 1 atom stereocenters. The summed E-state index contributed by atoms with van der Waals surface area (Å²) in [7, 11) is 0. The largest absolute Gasteiger partial charge is 0.377 e. The van der Waals surface area contributed by atoms with Crippen LogP contribution < -0.4 is 5.32 Å². The highest BCUT2D eigenvalue weighted by Gasteiger charge is 2.08. The first kappa shape index (κ1) is 13.4. The van der Waals surface area contributed by atoms with Gasteiger partial charge >= 0.3 is 0 Å². The number of benzene rings is 2. The Hall–Kier alpha value is -2.05. The van der Waals surface area contributed by atoms with Gasteiger partial charge in [0.1, 0.15) is 5.82 Å². The van der Waals surface area contributed by atoms with Crippen molar-refractivity contribution in [3.05, 3.63) is 64.4 Å². The van der Waals surface area contributed by atoms with Gasteiger partial charge in [-0.2, -0.15) is 5.26 Å². The van der Waals surface area contributed by atoms with Gasteiger partial charge in [-0.15, -0.1) is 0 Å². The Bertz CT molecular complexity index is 617. The SMILES string of the molecule is CC(Nc1ccc(F)cc1Cl)c1ccc(C#N)cc1. The third-order valence-electron chi connectivity index (χ3n) is 2.84. The number of rotatable bonds is 3. The van der Waals surface area contributed by atoms with Gasteiger partial charge in [-0.05, 0) is 42.8 Å². The molecule has 0 saturated heterocycles. The summed E-state index contributed by atoms with van der Waals surface area (Å²) in [4.78, 5) is 0. The van der Waals surface area contributed by atoms with Crippen LogP contribution >= 0.6 is 11.6 Å². The van der Waals surface area contributed by atoms with E-state index >= 15 is 0 Å². The number of nitrogens with one attached hydrogen (secondary N) is 1.